The Hall–Kier alpha value is -3.45. The highest BCUT2D eigenvalue weighted by Gasteiger charge is 2.26. The number of Topliss-reactive ketones (excluding diaryl/α,β-unsaturated/α-hetero) is 1. The third-order valence-electron chi connectivity index (χ3n) is 4.78. The Labute approximate surface area is 151 Å². The van der Waals surface area contributed by atoms with Crippen molar-refractivity contribution >= 4 is 27.6 Å². The highest BCUT2D eigenvalue weighted by molar-refractivity contribution is 5.95. The third-order valence-corrected chi connectivity index (χ3v) is 4.78. The molecule has 0 aliphatic carbocycles. The number of carbonyl (C=O) groups is 1. The Morgan fingerprint density at radius 1 is 1.08 bits per heavy atom. The van der Waals surface area contributed by atoms with Crippen molar-refractivity contribution in [3.63, 3.8) is 0 Å². The number of fused-ring (bicyclic) bond motifs is 2. The Morgan fingerprint density at radius 3 is 2.62 bits per heavy atom. The van der Waals surface area contributed by atoms with Gasteiger partial charge in [0, 0.05) is 13.5 Å². The molecule has 0 saturated carbocycles. The Balaban J connectivity index is 1.71. The van der Waals surface area contributed by atoms with E-state index >= 15 is 0 Å². The number of para-hydroxylation sites is 2. The molecule has 4 nitrogen and oxygen atoms in total. The van der Waals surface area contributed by atoms with Gasteiger partial charge in [0.15, 0.2) is 11.7 Å². The lowest BCUT2D eigenvalue weighted by molar-refractivity contribution is -0.118. The van der Waals surface area contributed by atoms with E-state index in [0.717, 1.165) is 27.4 Å². The number of aryl methyl sites for hydroxylation is 1. The molecule has 0 N–H and O–H groups in total. The summed E-state index contributed by atoms with van der Waals surface area (Å²) in [6.45, 7) is 0. The number of hydrogen-bond donors (Lipinski definition) is 0. The molecule has 3 aromatic carbocycles. The summed E-state index contributed by atoms with van der Waals surface area (Å²) in [6.07, 6.45) is 0.211. The molecule has 126 valence electrons. The average Bonchev–Trinajstić information content (AvgIpc) is 3.00. The van der Waals surface area contributed by atoms with E-state index in [1.54, 1.807) is 0 Å². The standard InChI is InChI=1S/C22H17N3O/c1-25-20-12-5-4-11-19(20)24-22(25)18(14-23)21(26)13-16-9-6-8-15-7-2-3-10-17(15)16/h2-12,18H,13H2,1H3/t18-/m1/s1. The van der Waals surface area contributed by atoms with Crippen LogP contribution in [0, 0.1) is 11.3 Å². The molecule has 26 heavy (non-hydrogen) atoms. The summed E-state index contributed by atoms with van der Waals surface area (Å²) in [5.41, 5.74) is 2.65. The monoisotopic (exact) mass is 339 g/mol. The molecule has 0 saturated heterocycles. The first-order valence-electron chi connectivity index (χ1n) is 8.49. The number of ketones is 1. The van der Waals surface area contributed by atoms with Gasteiger partial charge < -0.3 is 4.57 Å². The molecule has 0 bridgehead atoms. The normalized spacial score (nSPS) is 12.2. The summed E-state index contributed by atoms with van der Waals surface area (Å²) < 4.78 is 1.84. The van der Waals surface area contributed by atoms with Crippen molar-refractivity contribution < 1.29 is 4.79 Å². The number of rotatable bonds is 4. The van der Waals surface area contributed by atoms with Gasteiger partial charge >= 0.3 is 0 Å². The first-order chi connectivity index (χ1) is 12.7. The van der Waals surface area contributed by atoms with E-state index in [2.05, 4.69) is 11.1 Å². The second-order valence-corrected chi connectivity index (χ2v) is 6.36. The SMILES string of the molecule is Cn1c([C@H](C#N)C(=O)Cc2cccc3ccccc23)nc2ccccc21. The van der Waals surface area contributed by atoms with Crippen LogP contribution >= 0.6 is 0 Å². The van der Waals surface area contributed by atoms with E-state index in [1.807, 2.05) is 78.3 Å². The zero-order chi connectivity index (χ0) is 18.1. The summed E-state index contributed by atoms with van der Waals surface area (Å²) in [5.74, 6) is -0.521. The van der Waals surface area contributed by atoms with Gasteiger partial charge in [0.25, 0.3) is 0 Å². The number of nitrogens with zero attached hydrogens (tertiary/aromatic N) is 3. The van der Waals surface area contributed by atoms with Crippen LogP contribution < -0.4 is 0 Å². The maximum Gasteiger partial charge on any atom is 0.163 e. The van der Waals surface area contributed by atoms with Crippen LogP contribution in [0.15, 0.2) is 66.7 Å². The zero-order valence-electron chi connectivity index (χ0n) is 14.4. The van der Waals surface area contributed by atoms with E-state index in [1.165, 1.54) is 0 Å². The molecule has 0 aliphatic heterocycles. The Bertz CT molecular complexity index is 1160. The number of carbonyl (C=O) groups excluding carboxylic acids is 1. The molecule has 4 rings (SSSR count). The number of hydrogen-bond acceptors (Lipinski definition) is 3. The molecule has 0 aliphatic rings. The second kappa shape index (κ2) is 6.45. The molecule has 0 radical (unpaired) electrons. The van der Waals surface area contributed by atoms with Crippen molar-refractivity contribution in [2.24, 2.45) is 7.05 Å². The summed E-state index contributed by atoms with van der Waals surface area (Å²) in [4.78, 5) is 17.5. The minimum Gasteiger partial charge on any atom is -0.330 e. The zero-order valence-corrected chi connectivity index (χ0v) is 14.4. The predicted molar refractivity (Wildman–Crippen MR) is 102 cm³/mol. The molecule has 1 aromatic heterocycles. The highest BCUT2D eigenvalue weighted by atomic mass is 16.1. The fraction of sp³-hybridized carbons (Fsp3) is 0.136. The fourth-order valence-electron chi connectivity index (χ4n) is 3.43. The quantitative estimate of drug-likeness (QED) is 0.561. The maximum absolute atomic E-state index is 12.9. The van der Waals surface area contributed by atoms with Crippen LogP contribution in [0.5, 0.6) is 0 Å². The van der Waals surface area contributed by atoms with Gasteiger partial charge in [-0.15, -0.1) is 0 Å². The number of benzene rings is 3. The molecule has 4 heteroatoms. The van der Waals surface area contributed by atoms with Gasteiger partial charge in [0.2, 0.25) is 0 Å². The molecule has 1 atom stereocenters. The summed E-state index contributed by atoms with van der Waals surface area (Å²) in [7, 11) is 1.85. The third kappa shape index (κ3) is 2.64. The van der Waals surface area contributed by atoms with Crippen LogP contribution in [0.3, 0.4) is 0 Å². The number of nitriles is 1. The molecule has 0 unspecified atom stereocenters. The van der Waals surface area contributed by atoms with E-state index < -0.39 is 5.92 Å². The largest absolute Gasteiger partial charge is 0.330 e. The van der Waals surface area contributed by atoms with Gasteiger partial charge in [-0.05, 0) is 28.5 Å². The van der Waals surface area contributed by atoms with Gasteiger partial charge in [-0.25, -0.2) is 4.98 Å². The van der Waals surface area contributed by atoms with Crippen LogP contribution in [0.25, 0.3) is 21.8 Å². The molecular weight excluding hydrogens is 322 g/mol. The topological polar surface area (TPSA) is 58.7 Å². The van der Waals surface area contributed by atoms with Gasteiger partial charge in [-0.1, -0.05) is 54.6 Å². The van der Waals surface area contributed by atoms with Crippen LogP contribution in [-0.4, -0.2) is 15.3 Å². The van der Waals surface area contributed by atoms with Crippen LogP contribution in [0.1, 0.15) is 17.3 Å². The summed E-state index contributed by atoms with van der Waals surface area (Å²) in [5, 5.41) is 11.8. The second-order valence-electron chi connectivity index (χ2n) is 6.36. The number of imidazole rings is 1. The first-order valence-corrected chi connectivity index (χ1v) is 8.49. The van der Waals surface area contributed by atoms with E-state index in [9.17, 15) is 10.1 Å². The van der Waals surface area contributed by atoms with Crippen LogP contribution in [0.2, 0.25) is 0 Å². The van der Waals surface area contributed by atoms with Gasteiger partial charge in [-0.2, -0.15) is 5.26 Å². The number of aromatic nitrogens is 2. The highest BCUT2D eigenvalue weighted by Crippen LogP contribution is 2.25. The van der Waals surface area contributed by atoms with Crippen molar-refractivity contribution in [2.45, 2.75) is 12.3 Å². The van der Waals surface area contributed by atoms with Gasteiger partial charge in [0.1, 0.15) is 5.82 Å². The van der Waals surface area contributed by atoms with Crippen molar-refractivity contribution in [3.05, 3.63) is 78.1 Å². The lowest BCUT2D eigenvalue weighted by atomic mass is 9.95. The summed E-state index contributed by atoms with van der Waals surface area (Å²) >= 11 is 0. The molecular formula is C22H17N3O. The maximum atomic E-state index is 12.9. The molecule has 4 aromatic rings. The predicted octanol–water partition coefficient (Wildman–Crippen LogP) is 4.15. The van der Waals surface area contributed by atoms with Gasteiger partial charge in [-0.3, -0.25) is 4.79 Å². The van der Waals surface area contributed by atoms with Crippen LogP contribution in [0.4, 0.5) is 0 Å². The minimum absolute atomic E-state index is 0.137. The van der Waals surface area contributed by atoms with Crippen LogP contribution in [-0.2, 0) is 18.3 Å². The van der Waals surface area contributed by atoms with E-state index in [-0.39, 0.29) is 12.2 Å². The fourth-order valence-corrected chi connectivity index (χ4v) is 3.43. The molecule has 1 heterocycles. The van der Waals surface area contributed by atoms with Gasteiger partial charge in [0.05, 0.1) is 17.1 Å². The Morgan fingerprint density at radius 2 is 1.81 bits per heavy atom. The van der Waals surface area contributed by atoms with E-state index in [4.69, 9.17) is 0 Å². The lowest BCUT2D eigenvalue weighted by Crippen LogP contribution is -2.17. The first kappa shape index (κ1) is 16.0. The van der Waals surface area contributed by atoms with Crippen molar-refractivity contribution in [1.29, 1.82) is 5.26 Å². The molecule has 0 amide bonds. The molecule has 0 fully saturated rings. The van der Waals surface area contributed by atoms with E-state index in [0.29, 0.717) is 5.82 Å². The van der Waals surface area contributed by atoms with Crippen molar-refractivity contribution in [1.82, 2.24) is 9.55 Å². The summed E-state index contributed by atoms with van der Waals surface area (Å²) in [6, 6.07) is 23.7. The minimum atomic E-state index is -0.883. The lowest BCUT2D eigenvalue weighted by Gasteiger charge is -2.10. The molecule has 0 spiro atoms. The van der Waals surface area contributed by atoms with Crippen molar-refractivity contribution in [2.75, 3.05) is 0 Å². The average molecular weight is 339 g/mol. The van der Waals surface area contributed by atoms with Crippen molar-refractivity contribution in [3.8, 4) is 6.07 Å². The Kier molecular flexibility index (Phi) is 3.98. The smallest absolute Gasteiger partial charge is 0.163 e.